The van der Waals surface area contributed by atoms with Crippen molar-refractivity contribution < 1.29 is 38.2 Å². The molecule has 8 heteroatoms. The van der Waals surface area contributed by atoms with Crippen LogP contribution in [-0.4, -0.2) is 80.6 Å². The van der Waals surface area contributed by atoms with Gasteiger partial charge in [0, 0.05) is 19.3 Å². The number of carbonyl (C=O) groups is 3. The van der Waals surface area contributed by atoms with E-state index in [1.807, 2.05) is 21.1 Å². The summed E-state index contributed by atoms with van der Waals surface area (Å²) in [6.07, 6.45) is 57.1. The second kappa shape index (κ2) is 41.7. The van der Waals surface area contributed by atoms with Crippen molar-refractivity contribution in [1.82, 2.24) is 0 Å². The summed E-state index contributed by atoms with van der Waals surface area (Å²) in [6.45, 7) is 4.41. The number of hydrogen-bond acceptors (Lipinski definition) is 6. The first-order valence-electron chi connectivity index (χ1n) is 23.0. The third kappa shape index (κ3) is 39.5. The molecule has 0 aliphatic carbocycles. The number of carboxylic acids is 1. The van der Waals surface area contributed by atoms with E-state index < -0.39 is 18.1 Å². The molecular weight excluding hydrogens is 751 g/mol. The zero-order valence-corrected chi connectivity index (χ0v) is 38.4. The summed E-state index contributed by atoms with van der Waals surface area (Å²) in [4.78, 5) is 37.0. The van der Waals surface area contributed by atoms with Gasteiger partial charge in [-0.3, -0.25) is 9.59 Å². The van der Waals surface area contributed by atoms with Crippen LogP contribution in [0.15, 0.2) is 109 Å². The number of esters is 2. The average molecular weight is 835 g/mol. The Morgan fingerprint density at radius 2 is 0.967 bits per heavy atom. The molecule has 0 spiro atoms. The highest BCUT2D eigenvalue weighted by Crippen LogP contribution is 2.13. The van der Waals surface area contributed by atoms with Gasteiger partial charge in [-0.15, -0.1) is 0 Å². The summed E-state index contributed by atoms with van der Waals surface area (Å²) < 4.78 is 17.2. The van der Waals surface area contributed by atoms with Gasteiger partial charge < -0.3 is 23.8 Å². The van der Waals surface area contributed by atoms with E-state index in [2.05, 4.69) is 123 Å². The topological polar surface area (TPSA) is 99.1 Å². The predicted octanol–water partition coefficient (Wildman–Crippen LogP) is 12.9. The van der Waals surface area contributed by atoms with E-state index >= 15 is 0 Å². The normalized spacial score (nSPS) is 13.9. The first-order chi connectivity index (χ1) is 29.1. The van der Waals surface area contributed by atoms with Crippen LogP contribution >= 0.6 is 0 Å². The molecule has 1 N–H and O–H groups in total. The second-order valence-electron chi connectivity index (χ2n) is 16.0. The number of hydrogen-bond donors (Lipinski definition) is 1. The van der Waals surface area contributed by atoms with Crippen molar-refractivity contribution in [3.05, 3.63) is 109 Å². The zero-order valence-electron chi connectivity index (χ0n) is 38.4. The number of quaternary nitrogens is 1. The van der Waals surface area contributed by atoms with E-state index in [0.717, 1.165) is 89.9 Å². The Bertz CT molecular complexity index is 1340. The molecule has 8 nitrogen and oxygen atoms in total. The number of aliphatic carboxylic acids is 1. The molecule has 0 rings (SSSR count). The van der Waals surface area contributed by atoms with Crippen LogP contribution in [0.25, 0.3) is 0 Å². The minimum absolute atomic E-state index is 0.0316. The molecule has 60 heavy (non-hydrogen) atoms. The maximum absolute atomic E-state index is 12.7. The number of ether oxygens (including phenoxy) is 3. The molecule has 0 bridgehead atoms. The number of unbranched alkanes of at least 4 members (excludes halogenated alkanes) is 9. The van der Waals surface area contributed by atoms with E-state index in [1.54, 1.807) is 0 Å². The first kappa shape index (κ1) is 56.0. The van der Waals surface area contributed by atoms with Crippen LogP contribution in [0.5, 0.6) is 0 Å². The third-order valence-corrected chi connectivity index (χ3v) is 9.48. The molecular formula is C52H84NO7+. The molecule has 0 aliphatic heterocycles. The number of carboxylic acid groups (broad SMARTS) is 1. The van der Waals surface area contributed by atoms with Gasteiger partial charge in [0.1, 0.15) is 6.61 Å². The molecule has 2 atom stereocenters. The average Bonchev–Trinajstić information content (AvgIpc) is 3.21. The maximum atomic E-state index is 12.7. The Labute approximate surface area is 366 Å². The maximum Gasteiger partial charge on any atom is 0.362 e. The molecule has 0 radical (unpaired) electrons. The zero-order chi connectivity index (χ0) is 44.2. The lowest BCUT2D eigenvalue weighted by molar-refractivity contribution is -0.887. The Morgan fingerprint density at radius 1 is 0.517 bits per heavy atom. The van der Waals surface area contributed by atoms with Gasteiger partial charge in [0.25, 0.3) is 0 Å². The lowest BCUT2D eigenvalue weighted by atomic mass is 10.1. The lowest BCUT2D eigenvalue weighted by Gasteiger charge is -2.31. The van der Waals surface area contributed by atoms with Crippen molar-refractivity contribution in [3.8, 4) is 0 Å². The van der Waals surface area contributed by atoms with Gasteiger partial charge >= 0.3 is 17.9 Å². The molecule has 0 aromatic carbocycles. The highest BCUT2D eigenvalue weighted by molar-refractivity contribution is 5.72. The molecule has 2 unspecified atom stereocenters. The van der Waals surface area contributed by atoms with Crippen LogP contribution in [0.4, 0.5) is 0 Å². The number of likely N-dealkylation sites (N-methyl/N-ethyl adjacent to an activating group) is 1. The smallest absolute Gasteiger partial charge is 0.362 e. The fourth-order valence-electron chi connectivity index (χ4n) is 5.98. The second-order valence-corrected chi connectivity index (χ2v) is 16.0. The third-order valence-electron chi connectivity index (χ3n) is 9.48. The predicted molar refractivity (Wildman–Crippen MR) is 252 cm³/mol. The van der Waals surface area contributed by atoms with Gasteiger partial charge in [-0.05, 0) is 83.5 Å². The van der Waals surface area contributed by atoms with E-state index in [4.69, 9.17) is 14.2 Å². The minimum atomic E-state index is -0.890. The fraction of sp³-hybridized carbons (Fsp3) is 0.596. The van der Waals surface area contributed by atoms with Crippen molar-refractivity contribution in [2.24, 2.45) is 0 Å². The Morgan fingerprint density at radius 3 is 1.52 bits per heavy atom. The van der Waals surface area contributed by atoms with Gasteiger partial charge in [-0.1, -0.05) is 155 Å². The SMILES string of the molecule is CC/C=C/C=C/C=C/CCCCCCCCCC(=O)OCC(COCCC(C(=O)O)[N+](C)(C)C)OC(=O)CCCC/C=C/C/C=C/C/C=C/C/C=C/C/C=C/C/C=C/CC. The minimum Gasteiger partial charge on any atom is -0.477 e. The molecule has 0 aromatic heterocycles. The van der Waals surface area contributed by atoms with Gasteiger partial charge in [-0.2, -0.15) is 0 Å². The Kier molecular flexibility index (Phi) is 38.9. The Hall–Kier alpha value is -4.01. The Balaban J connectivity index is 4.45. The highest BCUT2D eigenvalue weighted by atomic mass is 16.6. The van der Waals surface area contributed by atoms with E-state index in [-0.39, 0.29) is 42.7 Å². The van der Waals surface area contributed by atoms with Gasteiger partial charge in [0.05, 0.1) is 34.4 Å². The number of allylic oxidation sites excluding steroid dienone is 18. The largest absolute Gasteiger partial charge is 0.477 e. The van der Waals surface area contributed by atoms with Crippen molar-refractivity contribution in [2.75, 3.05) is 41.0 Å². The number of nitrogens with zero attached hydrogens (tertiary/aromatic N) is 1. The molecule has 0 fully saturated rings. The standard InChI is InChI=1S/C52H83NO7/c1-6-8-10-12-14-16-18-20-22-23-24-25-26-27-29-31-33-35-37-39-41-43-51(55)60-48(46-58-45-44-49(52(56)57)53(3,4)5)47-59-50(54)42-40-38-36-34-32-30-28-21-19-17-15-13-11-9-7-2/h8-11,13-17,19-20,22,24-25,27,29,33,35,48-49H,6-7,12,18,21,23,26,28,30-32,34,36-47H2,1-5H3/p+1/b10-8+,11-9+,15-13+,16-14+,19-17+,22-20+,25-24+,29-27+,35-33+. The number of carbonyl (C=O) groups excluding carboxylic acids is 2. The van der Waals surface area contributed by atoms with Crippen LogP contribution < -0.4 is 0 Å². The quantitative estimate of drug-likeness (QED) is 0.0216. The van der Waals surface area contributed by atoms with E-state index in [0.29, 0.717) is 19.3 Å². The van der Waals surface area contributed by atoms with Crippen molar-refractivity contribution in [2.45, 2.75) is 161 Å². The molecule has 0 heterocycles. The summed E-state index contributed by atoms with van der Waals surface area (Å²) >= 11 is 0. The molecule has 0 saturated heterocycles. The summed E-state index contributed by atoms with van der Waals surface area (Å²) in [6, 6.07) is -0.632. The van der Waals surface area contributed by atoms with Crippen molar-refractivity contribution in [1.29, 1.82) is 0 Å². The van der Waals surface area contributed by atoms with Crippen LogP contribution in [0, 0.1) is 0 Å². The summed E-state index contributed by atoms with van der Waals surface area (Å²) in [5.74, 6) is -1.56. The molecule has 0 aromatic rings. The summed E-state index contributed by atoms with van der Waals surface area (Å²) in [5, 5.41) is 9.63. The van der Waals surface area contributed by atoms with Crippen molar-refractivity contribution >= 4 is 17.9 Å². The van der Waals surface area contributed by atoms with Crippen LogP contribution in [0.2, 0.25) is 0 Å². The molecule has 0 amide bonds. The van der Waals surface area contributed by atoms with Gasteiger partial charge in [-0.25, -0.2) is 4.79 Å². The van der Waals surface area contributed by atoms with Crippen LogP contribution in [0.1, 0.15) is 149 Å². The highest BCUT2D eigenvalue weighted by Gasteiger charge is 2.31. The molecule has 0 saturated carbocycles. The van der Waals surface area contributed by atoms with E-state index in [9.17, 15) is 19.5 Å². The van der Waals surface area contributed by atoms with Crippen LogP contribution in [-0.2, 0) is 28.6 Å². The molecule has 338 valence electrons. The monoisotopic (exact) mass is 835 g/mol. The van der Waals surface area contributed by atoms with Crippen molar-refractivity contribution in [3.63, 3.8) is 0 Å². The number of rotatable bonds is 39. The summed E-state index contributed by atoms with van der Waals surface area (Å²) in [7, 11) is 5.49. The fourth-order valence-corrected chi connectivity index (χ4v) is 5.98. The first-order valence-corrected chi connectivity index (χ1v) is 23.0. The van der Waals surface area contributed by atoms with Gasteiger partial charge in [0.15, 0.2) is 12.1 Å². The van der Waals surface area contributed by atoms with Gasteiger partial charge in [0.2, 0.25) is 0 Å². The summed E-state index contributed by atoms with van der Waals surface area (Å²) in [5.41, 5.74) is 0. The lowest BCUT2D eigenvalue weighted by Crippen LogP contribution is -2.50. The molecule has 0 aliphatic rings. The van der Waals surface area contributed by atoms with Crippen LogP contribution in [0.3, 0.4) is 0 Å². The van der Waals surface area contributed by atoms with E-state index in [1.165, 1.54) is 19.3 Å².